The highest BCUT2D eigenvalue weighted by Crippen LogP contribution is 2.18. The molecule has 1 aliphatic heterocycles. The summed E-state index contributed by atoms with van der Waals surface area (Å²) in [5, 5.41) is -0.0210. The SMILES string of the molecule is C[C@@H](CNS(=O)(=O)c1ncn(C)c1Cl)N1CCOCC1. The van der Waals surface area contributed by atoms with Crippen molar-refractivity contribution in [1.29, 1.82) is 0 Å². The van der Waals surface area contributed by atoms with Crippen molar-refractivity contribution in [2.24, 2.45) is 7.05 Å². The highest BCUT2D eigenvalue weighted by Gasteiger charge is 2.24. The van der Waals surface area contributed by atoms with Gasteiger partial charge < -0.3 is 9.30 Å². The molecule has 2 heterocycles. The van der Waals surface area contributed by atoms with Crippen LogP contribution >= 0.6 is 11.6 Å². The van der Waals surface area contributed by atoms with Gasteiger partial charge in [-0.15, -0.1) is 0 Å². The summed E-state index contributed by atoms with van der Waals surface area (Å²) in [7, 11) is -2.03. The lowest BCUT2D eigenvalue weighted by molar-refractivity contribution is 0.0213. The number of ether oxygens (including phenoxy) is 1. The number of nitrogens with one attached hydrogen (secondary N) is 1. The monoisotopic (exact) mass is 322 g/mol. The van der Waals surface area contributed by atoms with Crippen LogP contribution in [0, 0.1) is 0 Å². The third-order valence-corrected chi connectivity index (χ3v) is 5.24. The number of aromatic nitrogens is 2. The standard InChI is InChI=1S/C11H19ClN4O3S/c1-9(16-3-5-19-6-4-16)7-14-20(17,18)11-10(12)15(2)8-13-11/h8-9,14H,3-7H2,1-2H3/t9-/m0/s1. The van der Waals surface area contributed by atoms with E-state index < -0.39 is 10.0 Å². The lowest BCUT2D eigenvalue weighted by Crippen LogP contribution is -2.47. The van der Waals surface area contributed by atoms with E-state index >= 15 is 0 Å². The summed E-state index contributed by atoms with van der Waals surface area (Å²) in [4.78, 5) is 6.01. The van der Waals surface area contributed by atoms with Crippen LogP contribution in [0.15, 0.2) is 11.4 Å². The number of nitrogens with zero attached hydrogens (tertiary/aromatic N) is 3. The van der Waals surface area contributed by atoms with E-state index in [0.717, 1.165) is 13.1 Å². The van der Waals surface area contributed by atoms with Crippen molar-refractivity contribution in [3.05, 3.63) is 11.5 Å². The van der Waals surface area contributed by atoms with Crippen LogP contribution in [-0.4, -0.2) is 61.8 Å². The fourth-order valence-electron chi connectivity index (χ4n) is 2.02. The molecule has 2 rings (SSSR count). The number of hydrogen-bond donors (Lipinski definition) is 1. The first-order chi connectivity index (χ1) is 9.42. The van der Waals surface area contributed by atoms with E-state index in [4.69, 9.17) is 16.3 Å². The molecule has 20 heavy (non-hydrogen) atoms. The maximum Gasteiger partial charge on any atom is 0.261 e. The second-order valence-corrected chi connectivity index (χ2v) is 6.84. The van der Waals surface area contributed by atoms with Crippen LogP contribution in [0.1, 0.15) is 6.92 Å². The molecule has 1 atom stereocenters. The second kappa shape index (κ2) is 6.40. The molecule has 9 heteroatoms. The Morgan fingerprint density at radius 3 is 2.70 bits per heavy atom. The zero-order valence-corrected chi connectivity index (χ0v) is 13.1. The molecule has 1 aromatic heterocycles. The quantitative estimate of drug-likeness (QED) is 0.830. The fraction of sp³-hybridized carbons (Fsp3) is 0.727. The Balaban J connectivity index is 1.97. The number of imidazole rings is 1. The van der Waals surface area contributed by atoms with Gasteiger partial charge in [-0.2, -0.15) is 0 Å². The molecule has 1 saturated heterocycles. The molecule has 0 aliphatic carbocycles. The van der Waals surface area contributed by atoms with Crippen LogP contribution < -0.4 is 4.72 Å². The molecule has 0 amide bonds. The van der Waals surface area contributed by atoms with E-state index in [1.807, 2.05) is 6.92 Å². The third kappa shape index (κ3) is 3.50. The zero-order chi connectivity index (χ0) is 14.8. The Kier molecular flexibility index (Phi) is 5.03. The predicted molar refractivity (Wildman–Crippen MR) is 75.3 cm³/mol. The lowest BCUT2D eigenvalue weighted by Gasteiger charge is -2.32. The number of halogens is 1. The highest BCUT2D eigenvalue weighted by molar-refractivity contribution is 7.89. The number of aryl methyl sites for hydroxylation is 1. The maximum absolute atomic E-state index is 12.1. The molecule has 0 radical (unpaired) electrons. The topological polar surface area (TPSA) is 76.5 Å². The minimum Gasteiger partial charge on any atom is -0.379 e. The van der Waals surface area contributed by atoms with E-state index in [1.165, 1.54) is 10.9 Å². The first kappa shape index (κ1) is 15.7. The van der Waals surface area contributed by atoms with Crippen molar-refractivity contribution in [3.8, 4) is 0 Å². The van der Waals surface area contributed by atoms with E-state index in [9.17, 15) is 8.42 Å². The summed E-state index contributed by atoms with van der Waals surface area (Å²) in [6.07, 6.45) is 1.38. The van der Waals surface area contributed by atoms with Crippen LogP contribution in [0.2, 0.25) is 5.15 Å². The molecule has 0 saturated carbocycles. The molecule has 7 nitrogen and oxygen atoms in total. The van der Waals surface area contributed by atoms with E-state index in [-0.39, 0.29) is 16.2 Å². The van der Waals surface area contributed by atoms with Crippen molar-refractivity contribution in [2.45, 2.75) is 18.0 Å². The summed E-state index contributed by atoms with van der Waals surface area (Å²) in [5.41, 5.74) is 0. The van der Waals surface area contributed by atoms with Crippen LogP contribution in [0.4, 0.5) is 0 Å². The van der Waals surface area contributed by atoms with Gasteiger partial charge >= 0.3 is 0 Å². The Hall–Kier alpha value is -0.670. The zero-order valence-electron chi connectivity index (χ0n) is 11.5. The minimum atomic E-state index is -3.68. The Morgan fingerprint density at radius 2 is 2.15 bits per heavy atom. The van der Waals surface area contributed by atoms with Gasteiger partial charge in [0.15, 0.2) is 0 Å². The largest absolute Gasteiger partial charge is 0.379 e. The number of hydrogen-bond acceptors (Lipinski definition) is 5. The average molecular weight is 323 g/mol. The predicted octanol–water partition coefficient (Wildman–Crippen LogP) is 0.0725. The van der Waals surface area contributed by atoms with Gasteiger partial charge in [0.2, 0.25) is 5.03 Å². The Bertz CT molecular complexity index is 554. The smallest absolute Gasteiger partial charge is 0.261 e. The molecule has 1 N–H and O–H groups in total. The van der Waals surface area contributed by atoms with E-state index in [0.29, 0.717) is 19.8 Å². The van der Waals surface area contributed by atoms with Crippen LogP contribution in [0.25, 0.3) is 0 Å². The Labute approximate surface area is 123 Å². The molecule has 0 aromatic carbocycles. The van der Waals surface area contributed by atoms with Gasteiger partial charge in [-0.05, 0) is 6.92 Å². The van der Waals surface area contributed by atoms with E-state index in [1.54, 1.807) is 7.05 Å². The summed E-state index contributed by atoms with van der Waals surface area (Å²) in [6.45, 7) is 5.29. The first-order valence-corrected chi connectivity index (χ1v) is 8.26. The summed E-state index contributed by atoms with van der Waals surface area (Å²) >= 11 is 5.91. The van der Waals surface area contributed by atoms with Crippen molar-refractivity contribution in [2.75, 3.05) is 32.8 Å². The van der Waals surface area contributed by atoms with Gasteiger partial charge in [-0.3, -0.25) is 4.90 Å². The Morgan fingerprint density at radius 1 is 1.50 bits per heavy atom. The molecule has 114 valence electrons. The molecule has 1 aromatic rings. The van der Waals surface area contributed by atoms with Gasteiger partial charge in [-0.1, -0.05) is 11.6 Å². The number of morpholine rings is 1. The number of rotatable bonds is 5. The fourth-order valence-corrected chi connectivity index (χ4v) is 3.57. The van der Waals surface area contributed by atoms with Crippen LogP contribution in [0.3, 0.4) is 0 Å². The second-order valence-electron chi connectivity index (χ2n) is 4.80. The minimum absolute atomic E-state index is 0.0937. The van der Waals surface area contributed by atoms with Crippen LogP contribution in [-0.2, 0) is 21.8 Å². The van der Waals surface area contributed by atoms with Gasteiger partial charge in [0.05, 0.1) is 19.5 Å². The van der Waals surface area contributed by atoms with Gasteiger partial charge in [0.1, 0.15) is 5.15 Å². The summed E-state index contributed by atoms with van der Waals surface area (Å²) in [6, 6.07) is 0.0937. The van der Waals surface area contributed by atoms with E-state index in [2.05, 4.69) is 14.6 Å². The highest BCUT2D eigenvalue weighted by atomic mass is 35.5. The van der Waals surface area contributed by atoms with Gasteiger partial charge in [0, 0.05) is 32.7 Å². The first-order valence-electron chi connectivity index (χ1n) is 6.40. The molecule has 0 unspecified atom stereocenters. The molecular formula is C11H19ClN4O3S. The molecule has 0 bridgehead atoms. The normalized spacial score (nSPS) is 19.1. The van der Waals surface area contributed by atoms with Crippen molar-refractivity contribution in [3.63, 3.8) is 0 Å². The number of sulfonamides is 1. The lowest BCUT2D eigenvalue weighted by atomic mass is 10.2. The van der Waals surface area contributed by atoms with Crippen molar-refractivity contribution in [1.82, 2.24) is 19.2 Å². The summed E-state index contributed by atoms with van der Waals surface area (Å²) in [5.74, 6) is 0. The molecule has 1 fully saturated rings. The molecular weight excluding hydrogens is 304 g/mol. The van der Waals surface area contributed by atoms with Crippen molar-refractivity contribution >= 4 is 21.6 Å². The van der Waals surface area contributed by atoms with Crippen LogP contribution in [0.5, 0.6) is 0 Å². The molecule has 0 spiro atoms. The molecule has 1 aliphatic rings. The maximum atomic E-state index is 12.1. The average Bonchev–Trinajstić information content (AvgIpc) is 2.78. The summed E-state index contributed by atoms with van der Waals surface area (Å²) < 4.78 is 33.6. The van der Waals surface area contributed by atoms with Gasteiger partial charge in [-0.25, -0.2) is 18.1 Å². The third-order valence-electron chi connectivity index (χ3n) is 3.33. The van der Waals surface area contributed by atoms with Gasteiger partial charge in [0.25, 0.3) is 10.0 Å². The van der Waals surface area contributed by atoms with Crippen molar-refractivity contribution < 1.29 is 13.2 Å².